The third-order valence-corrected chi connectivity index (χ3v) is 6.61. The Morgan fingerprint density at radius 3 is 2.62 bits per heavy atom. The summed E-state index contributed by atoms with van der Waals surface area (Å²) in [5, 5.41) is 2.92. The van der Waals surface area contributed by atoms with Gasteiger partial charge in [-0.25, -0.2) is 0 Å². The quantitative estimate of drug-likeness (QED) is 0.777. The van der Waals surface area contributed by atoms with Crippen LogP contribution in [-0.2, 0) is 4.79 Å². The largest absolute Gasteiger partial charge is 0.325 e. The van der Waals surface area contributed by atoms with E-state index in [2.05, 4.69) is 40.5 Å². The lowest BCUT2D eigenvalue weighted by Crippen LogP contribution is -2.37. The summed E-state index contributed by atoms with van der Waals surface area (Å²) in [6.45, 7) is 2.81. The van der Waals surface area contributed by atoms with E-state index in [-0.39, 0.29) is 5.91 Å². The van der Waals surface area contributed by atoms with E-state index in [1.165, 1.54) is 49.1 Å². The summed E-state index contributed by atoms with van der Waals surface area (Å²) in [6, 6.07) is 18.4. The molecule has 2 atom stereocenters. The van der Waals surface area contributed by atoms with Crippen molar-refractivity contribution in [2.24, 2.45) is 0 Å². The smallest absolute Gasteiger partial charge is 0.221 e. The first-order valence-corrected chi connectivity index (χ1v) is 10.4. The molecule has 2 fully saturated rings. The van der Waals surface area contributed by atoms with Crippen molar-refractivity contribution in [2.45, 2.75) is 60.9 Å². The summed E-state index contributed by atoms with van der Waals surface area (Å²) < 4.78 is 0. The fraction of sp³-hybridized carbons (Fsp3) is 0.409. The molecule has 4 heteroatoms. The van der Waals surface area contributed by atoms with Crippen LogP contribution in [0.4, 0.5) is 5.69 Å². The number of carbonyl (C=O) groups is 1. The lowest BCUT2D eigenvalue weighted by molar-refractivity contribution is -0.114. The predicted octanol–water partition coefficient (Wildman–Crippen LogP) is 5.49. The monoisotopic (exact) mass is 366 g/mol. The summed E-state index contributed by atoms with van der Waals surface area (Å²) >= 11 is 1.70. The molecule has 0 aromatic heterocycles. The van der Waals surface area contributed by atoms with Crippen molar-refractivity contribution in [3.05, 3.63) is 54.1 Å². The summed E-state index contributed by atoms with van der Waals surface area (Å²) in [6.07, 6.45) is 6.75. The first-order valence-electron chi connectivity index (χ1n) is 9.61. The molecule has 0 bridgehead atoms. The van der Waals surface area contributed by atoms with E-state index >= 15 is 0 Å². The molecule has 2 aliphatic rings. The third-order valence-electron chi connectivity index (χ3n) is 5.53. The van der Waals surface area contributed by atoms with Gasteiger partial charge in [-0.2, -0.15) is 0 Å². The third kappa shape index (κ3) is 3.81. The summed E-state index contributed by atoms with van der Waals surface area (Å²) in [5.41, 5.74) is 2.33. The van der Waals surface area contributed by atoms with Gasteiger partial charge >= 0.3 is 0 Å². The maximum absolute atomic E-state index is 11.4. The van der Waals surface area contributed by atoms with E-state index in [0.29, 0.717) is 6.04 Å². The van der Waals surface area contributed by atoms with Crippen LogP contribution in [0.15, 0.2) is 58.3 Å². The zero-order valence-electron chi connectivity index (χ0n) is 15.3. The molecule has 0 spiro atoms. The molecule has 2 heterocycles. The molecule has 0 radical (unpaired) electrons. The summed E-state index contributed by atoms with van der Waals surface area (Å²) in [4.78, 5) is 16.4. The van der Waals surface area contributed by atoms with Crippen molar-refractivity contribution in [3.63, 3.8) is 0 Å². The van der Waals surface area contributed by atoms with Gasteiger partial charge in [-0.3, -0.25) is 9.69 Å². The van der Waals surface area contributed by atoms with E-state index in [1.807, 2.05) is 18.2 Å². The minimum Gasteiger partial charge on any atom is -0.325 e. The summed E-state index contributed by atoms with van der Waals surface area (Å²) in [5.74, 6) is -0.0362. The van der Waals surface area contributed by atoms with Crippen molar-refractivity contribution < 1.29 is 4.79 Å². The van der Waals surface area contributed by atoms with E-state index in [1.54, 1.807) is 18.7 Å². The number of hydrogen-bond acceptors (Lipinski definition) is 3. The van der Waals surface area contributed by atoms with Crippen LogP contribution in [0.1, 0.15) is 50.6 Å². The molecule has 3 nitrogen and oxygen atoms in total. The van der Waals surface area contributed by atoms with E-state index < -0.39 is 0 Å². The highest BCUT2D eigenvalue weighted by Crippen LogP contribution is 2.40. The Labute approximate surface area is 160 Å². The first-order chi connectivity index (χ1) is 12.7. The van der Waals surface area contributed by atoms with Crippen molar-refractivity contribution in [1.29, 1.82) is 0 Å². The van der Waals surface area contributed by atoms with Gasteiger partial charge in [-0.15, -0.1) is 0 Å². The van der Waals surface area contributed by atoms with Crippen LogP contribution in [0.5, 0.6) is 0 Å². The van der Waals surface area contributed by atoms with Gasteiger partial charge in [-0.05, 0) is 68.5 Å². The molecule has 1 amide bonds. The topological polar surface area (TPSA) is 32.3 Å². The lowest BCUT2D eigenvalue weighted by atomic mass is 9.92. The maximum Gasteiger partial charge on any atom is 0.221 e. The molecular formula is C22H26N2OS. The minimum atomic E-state index is -0.0362. The van der Waals surface area contributed by atoms with Crippen LogP contribution in [-0.4, -0.2) is 23.4 Å². The number of amides is 1. The Kier molecular flexibility index (Phi) is 5.32. The molecule has 2 aliphatic heterocycles. The van der Waals surface area contributed by atoms with Crippen molar-refractivity contribution in [2.75, 3.05) is 11.9 Å². The van der Waals surface area contributed by atoms with E-state index in [4.69, 9.17) is 0 Å². The molecule has 2 aromatic rings. The number of rotatable bonds is 4. The molecule has 1 N–H and O–H groups in total. The zero-order chi connectivity index (χ0) is 17.9. The van der Waals surface area contributed by atoms with Crippen LogP contribution in [0, 0.1) is 0 Å². The fourth-order valence-corrected chi connectivity index (χ4v) is 5.28. The predicted molar refractivity (Wildman–Crippen MR) is 108 cm³/mol. The maximum atomic E-state index is 11.4. The van der Waals surface area contributed by atoms with Crippen molar-refractivity contribution >= 4 is 23.4 Å². The highest BCUT2D eigenvalue weighted by molar-refractivity contribution is 7.99. The highest BCUT2D eigenvalue weighted by Gasteiger charge is 2.34. The first kappa shape index (κ1) is 17.6. The van der Waals surface area contributed by atoms with E-state index in [0.717, 1.165) is 16.6 Å². The second-order valence-electron chi connectivity index (χ2n) is 7.33. The number of hydrogen-bond donors (Lipinski definition) is 1. The van der Waals surface area contributed by atoms with Crippen LogP contribution in [0.25, 0.3) is 0 Å². The molecule has 2 saturated heterocycles. The lowest BCUT2D eigenvalue weighted by Gasteiger charge is -2.38. The second-order valence-corrected chi connectivity index (χ2v) is 8.44. The Morgan fingerprint density at radius 1 is 1.04 bits per heavy atom. The molecule has 4 rings (SSSR count). The number of para-hydroxylation sites is 1. The van der Waals surface area contributed by atoms with E-state index in [9.17, 15) is 4.79 Å². The minimum absolute atomic E-state index is 0.0362. The second kappa shape index (κ2) is 7.85. The number of piperidine rings is 1. The van der Waals surface area contributed by atoms with Crippen molar-refractivity contribution in [3.8, 4) is 0 Å². The van der Waals surface area contributed by atoms with Gasteiger partial charge in [0.1, 0.15) is 0 Å². The van der Waals surface area contributed by atoms with Crippen LogP contribution >= 0.6 is 11.8 Å². The van der Waals surface area contributed by atoms with Gasteiger partial charge in [-0.1, -0.05) is 36.0 Å². The molecule has 2 aromatic carbocycles. The molecule has 2 unspecified atom stereocenters. The van der Waals surface area contributed by atoms with Gasteiger partial charge in [0, 0.05) is 28.8 Å². The molecular weight excluding hydrogens is 340 g/mol. The summed E-state index contributed by atoms with van der Waals surface area (Å²) in [7, 11) is 0. The van der Waals surface area contributed by atoms with Crippen LogP contribution in [0.3, 0.4) is 0 Å². The molecule has 0 aliphatic carbocycles. The Hall–Kier alpha value is -1.78. The van der Waals surface area contributed by atoms with Gasteiger partial charge in [0.25, 0.3) is 0 Å². The van der Waals surface area contributed by atoms with Gasteiger partial charge < -0.3 is 5.32 Å². The van der Waals surface area contributed by atoms with Crippen LogP contribution in [0.2, 0.25) is 0 Å². The Morgan fingerprint density at radius 2 is 1.81 bits per heavy atom. The standard InChI is InChI=1S/C22H26N2OS/c1-16(25)23-20-8-2-3-10-22(20)26-19-13-11-17(12-14-19)21-9-4-6-18-7-5-15-24(18)21/h2-3,8,10-14,18,21H,4-7,9,15H2,1H3,(H,23,25). The Bertz CT molecular complexity index is 774. The number of nitrogens with one attached hydrogen (secondary N) is 1. The highest BCUT2D eigenvalue weighted by atomic mass is 32.2. The van der Waals surface area contributed by atoms with Gasteiger partial charge in [0.15, 0.2) is 0 Å². The van der Waals surface area contributed by atoms with Crippen molar-refractivity contribution in [1.82, 2.24) is 4.90 Å². The normalized spacial score (nSPS) is 22.8. The number of fused-ring (bicyclic) bond motifs is 1. The van der Waals surface area contributed by atoms with Gasteiger partial charge in [0.2, 0.25) is 5.91 Å². The SMILES string of the molecule is CC(=O)Nc1ccccc1Sc1ccc(C2CCCC3CCCN32)cc1. The zero-order valence-corrected chi connectivity index (χ0v) is 16.1. The van der Waals surface area contributed by atoms with Gasteiger partial charge in [0.05, 0.1) is 5.69 Å². The number of benzene rings is 2. The number of nitrogens with zero attached hydrogens (tertiary/aromatic N) is 1. The average Bonchev–Trinajstić information content (AvgIpc) is 3.12. The molecule has 26 heavy (non-hydrogen) atoms. The number of anilines is 1. The molecule has 136 valence electrons. The number of carbonyl (C=O) groups excluding carboxylic acids is 1. The molecule has 0 saturated carbocycles. The van der Waals surface area contributed by atoms with Crippen LogP contribution < -0.4 is 5.32 Å². The Balaban J connectivity index is 1.49. The fourth-order valence-electron chi connectivity index (χ4n) is 4.38. The average molecular weight is 367 g/mol.